The van der Waals surface area contributed by atoms with Gasteiger partial charge in [-0.1, -0.05) is 6.07 Å². The fourth-order valence-electron chi connectivity index (χ4n) is 3.42. The van der Waals surface area contributed by atoms with E-state index >= 15 is 0 Å². The standard InChI is InChI=1S/C23H21F3N4O3/c1-2-33-18-10-8-15(9-11-18)21(31)28-29-22(32)19-13-27-30(20(19)14-6-7-14)17-5-3-4-16(12-17)23(24,25)26/h3-5,8-14H,2,6-7H2,1H3,(H,28,31)(H,29,32). The number of ether oxygens (including phenoxy) is 1. The summed E-state index contributed by atoms with van der Waals surface area (Å²) in [6, 6.07) is 11.2. The van der Waals surface area contributed by atoms with E-state index in [1.807, 2.05) is 6.92 Å². The smallest absolute Gasteiger partial charge is 0.416 e. The van der Waals surface area contributed by atoms with E-state index in [0.29, 0.717) is 23.6 Å². The first-order valence-corrected chi connectivity index (χ1v) is 10.4. The molecule has 0 bridgehead atoms. The summed E-state index contributed by atoms with van der Waals surface area (Å²) in [4.78, 5) is 25.1. The van der Waals surface area contributed by atoms with Crippen LogP contribution < -0.4 is 15.6 Å². The average Bonchev–Trinajstić information content (AvgIpc) is 3.55. The molecule has 1 aromatic heterocycles. The highest BCUT2D eigenvalue weighted by Crippen LogP contribution is 2.42. The van der Waals surface area contributed by atoms with Crippen LogP contribution in [0.1, 0.15) is 57.7 Å². The molecule has 0 saturated heterocycles. The van der Waals surface area contributed by atoms with Gasteiger partial charge in [-0.25, -0.2) is 4.68 Å². The number of halogens is 3. The number of hydrogen-bond donors (Lipinski definition) is 2. The molecule has 0 atom stereocenters. The van der Waals surface area contributed by atoms with Crippen LogP contribution in [-0.4, -0.2) is 28.2 Å². The van der Waals surface area contributed by atoms with Crippen molar-refractivity contribution in [2.45, 2.75) is 31.9 Å². The molecule has 172 valence electrons. The van der Waals surface area contributed by atoms with E-state index in [-0.39, 0.29) is 17.2 Å². The molecule has 0 spiro atoms. The Morgan fingerprint density at radius 2 is 1.79 bits per heavy atom. The summed E-state index contributed by atoms with van der Waals surface area (Å²) in [6.45, 7) is 2.35. The van der Waals surface area contributed by atoms with Gasteiger partial charge in [-0.2, -0.15) is 18.3 Å². The molecule has 1 heterocycles. The third kappa shape index (κ3) is 5.00. The number of hydrazine groups is 1. The van der Waals surface area contributed by atoms with Crippen LogP contribution in [0.2, 0.25) is 0 Å². The van der Waals surface area contributed by atoms with Gasteiger partial charge in [0.15, 0.2) is 0 Å². The van der Waals surface area contributed by atoms with E-state index in [4.69, 9.17) is 4.74 Å². The zero-order chi connectivity index (χ0) is 23.6. The van der Waals surface area contributed by atoms with Gasteiger partial charge in [0.05, 0.1) is 35.3 Å². The number of alkyl halides is 3. The lowest BCUT2D eigenvalue weighted by Gasteiger charge is -2.12. The Labute approximate surface area is 187 Å². The predicted octanol–water partition coefficient (Wildman–Crippen LogP) is 4.24. The van der Waals surface area contributed by atoms with Crippen molar-refractivity contribution in [1.82, 2.24) is 20.6 Å². The van der Waals surface area contributed by atoms with E-state index in [1.165, 1.54) is 23.0 Å². The fraction of sp³-hybridized carbons (Fsp3) is 0.261. The first-order valence-electron chi connectivity index (χ1n) is 10.4. The number of rotatable bonds is 6. The molecule has 1 aliphatic rings. The van der Waals surface area contributed by atoms with Gasteiger partial charge in [0, 0.05) is 11.5 Å². The molecular weight excluding hydrogens is 437 g/mol. The SMILES string of the molecule is CCOc1ccc(C(=O)NNC(=O)c2cnn(-c3cccc(C(F)(F)F)c3)c2C2CC2)cc1. The third-order valence-corrected chi connectivity index (χ3v) is 5.15. The lowest BCUT2D eigenvalue weighted by molar-refractivity contribution is -0.137. The summed E-state index contributed by atoms with van der Waals surface area (Å²) >= 11 is 0. The molecule has 10 heteroatoms. The highest BCUT2D eigenvalue weighted by atomic mass is 19.4. The highest BCUT2D eigenvalue weighted by Gasteiger charge is 2.34. The van der Waals surface area contributed by atoms with Crippen LogP contribution >= 0.6 is 0 Å². The minimum atomic E-state index is -4.49. The molecule has 0 unspecified atom stereocenters. The van der Waals surface area contributed by atoms with E-state index in [0.717, 1.165) is 25.0 Å². The van der Waals surface area contributed by atoms with E-state index in [9.17, 15) is 22.8 Å². The third-order valence-electron chi connectivity index (χ3n) is 5.15. The average molecular weight is 458 g/mol. The Balaban J connectivity index is 1.51. The zero-order valence-electron chi connectivity index (χ0n) is 17.6. The summed E-state index contributed by atoms with van der Waals surface area (Å²) in [5.74, 6) is -0.502. The minimum absolute atomic E-state index is 0.00426. The van der Waals surface area contributed by atoms with E-state index in [1.54, 1.807) is 24.3 Å². The van der Waals surface area contributed by atoms with Crippen molar-refractivity contribution in [3.63, 3.8) is 0 Å². The van der Waals surface area contributed by atoms with Crippen LogP contribution in [-0.2, 0) is 6.18 Å². The van der Waals surface area contributed by atoms with Gasteiger partial charge in [-0.05, 0) is 62.2 Å². The molecule has 0 radical (unpaired) electrons. The monoisotopic (exact) mass is 458 g/mol. The van der Waals surface area contributed by atoms with Crippen molar-refractivity contribution in [3.8, 4) is 11.4 Å². The second-order valence-electron chi connectivity index (χ2n) is 7.54. The van der Waals surface area contributed by atoms with E-state index < -0.39 is 23.6 Å². The summed E-state index contributed by atoms with van der Waals surface area (Å²) < 4.78 is 46.1. The Hall–Kier alpha value is -3.82. The van der Waals surface area contributed by atoms with Crippen LogP contribution in [0.3, 0.4) is 0 Å². The maximum atomic E-state index is 13.1. The number of aromatic nitrogens is 2. The van der Waals surface area contributed by atoms with Gasteiger partial charge in [0.1, 0.15) is 5.75 Å². The number of carbonyl (C=O) groups is 2. The number of nitrogens with one attached hydrogen (secondary N) is 2. The number of amides is 2. The molecule has 1 saturated carbocycles. The van der Waals surface area contributed by atoms with Gasteiger partial charge >= 0.3 is 6.18 Å². The van der Waals surface area contributed by atoms with Crippen molar-refractivity contribution in [2.75, 3.05) is 6.61 Å². The van der Waals surface area contributed by atoms with Gasteiger partial charge in [-0.3, -0.25) is 20.4 Å². The topological polar surface area (TPSA) is 85.2 Å². The zero-order valence-corrected chi connectivity index (χ0v) is 17.6. The van der Waals surface area contributed by atoms with E-state index in [2.05, 4.69) is 16.0 Å². The molecule has 2 aromatic carbocycles. The van der Waals surface area contributed by atoms with Crippen LogP contribution in [0.15, 0.2) is 54.7 Å². The molecule has 2 amide bonds. The Kier molecular flexibility index (Phi) is 6.08. The highest BCUT2D eigenvalue weighted by molar-refractivity contribution is 5.99. The Bertz CT molecular complexity index is 1170. The number of hydrogen-bond acceptors (Lipinski definition) is 4. The van der Waals surface area contributed by atoms with Gasteiger partial charge < -0.3 is 4.74 Å². The van der Waals surface area contributed by atoms with Gasteiger partial charge in [-0.15, -0.1) is 0 Å². The van der Waals surface area contributed by atoms with Crippen LogP contribution in [0, 0.1) is 0 Å². The van der Waals surface area contributed by atoms with Crippen molar-refractivity contribution >= 4 is 11.8 Å². The molecule has 2 N–H and O–H groups in total. The van der Waals surface area contributed by atoms with Crippen LogP contribution in [0.25, 0.3) is 5.69 Å². The van der Waals surface area contributed by atoms with Crippen molar-refractivity contribution in [3.05, 3.63) is 77.1 Å². The molecule has 3 aromatic rings. The first-order chi connectivity index (χ1) is 15.8. The summed E-state index contributed by atoms with van der Waals surface area (Å²) in [7, 11) is 0. The van der Waals surface area contributed by atoms with Crippen LogP contribution in [0.4, 0.5) is 13.2 Å². The molecule has 1 aliphatic carbocycles. The number of nitrogens with zero attached hydrogens (tertiary/aromatic N) is 2. The predicted molar refractivity (Wildman–Crippen MR) is 113 cm³/mol. The van der Waals surface area contributed by atoms with Crippen molar-refractivity contribution < 1.29 is 27.5 Å². The minimum Gasteiger partial charge on any atom is -0.494 e. The summed E-state index contributed by atoms with van der Waals surface area (Å²) in [6.07, 6.45) is -1.60. The second kappa shape index (κ2) is 8.97. The van der Waals surface area contributed by atoms with Crippen LogP contribution in [0.5, 0.6) is 5.75 Å². The van der Waals surface area contributed by atoms with Crippen molar-refractivity contribution in [2.24, 2.45) is 0 Å². The Morgan fingerprint density at radius 1 is 1.09 bits per heavy atom. The molecule has 4 rings (SSSR count). The fourth-order valence-corrected chi connectivity index (χ4v) is 3.42. The molecular formula is C23H21F3N4O3. The number of carbonyl (C=O) groups excluding carboxylic acids is 2. The molecule has 7 nitrogen and oxygen atoms in total. The maximum Gasteiger partial charge on any atom is 0.416 e. The van der Waals surface area contributed by atoms with Crippen molar-refractivity contribution in [1.29, 1.82) is 0 Å². The quantitative estimate of drug-likeness (QED) is 0.541. The second-order valence-corrected chi connectivity index (χ2v) is 7.54. The first kappa shape index (κ1) is 22.4. The lowest BCUT2D eigenvalue weighted by Crippen LogP contribution is -2.41. The van der Waals surface area contributed by atoms with Gasteiger partial charge in [0.25, 0.3) is 11.8 Å². The normalized spacial score (nSPS) is 13.5. The molecule has 33 heavy (non-hydrogen) atoms. The molecule has 0 aliphatic heterocycles. The molecule has 1 fully saturated rings. The summed E-state index contributed by atoms with van der Waals surface area (Å²) in [5.41, 5.74) is 5.15. The van der Waals surface area contributed by atoms with Gasteiger partial charge in [0.2, 0.25) is 0 Å². The summed E-state index contributed by atoms with van der Waals surface area (Å²) in [5, 5.41) is 4.17. The number of benzene rings is 2. The maximum absolute atomic E-state index is 13.1. The lowest BCUT2D eigenvalue weighted by atomic mass is 10.1. The Morgan fingerprint density at radius 3 is 2.42 bits per heavy atom. The largest absolute Gasteiger partial charge is 0.494 e.